The van der Waals surface area contributed by atoms with Gasteiger partial charge in [-0.3, -0.25) is 0 Å². The van der Waals surface area contributed by atoms with Crippen molar-refractivity contribution in [3.63, 3.8) is 0 Å². The van der Waals surface area contributed by atoms with Gasteiger partial charge in [-0.05, 0) is 30.3 Å². The molecule has 0 aliphatic heterocycles. The smallest absolute Gasteiger partial charge is 0.0840 e. The van der Waals surface area contributed by atoms with Crippen LogP contribution in [-0.4, -0.2) is 9.78 Å². The first kappa shape index (κ1) is 15.2. The fourth-order valence-corrected chi connectivity index (χ4v) is 2.86. The van der Waals surface area contributed by atoms with Gasteiger partial charge in [0.2, 0.25) is 0 Å². The zero-order chi connectivity index (χ0) is 15.7. The lowest BCUT2D eigenvalue weighted by Crippen LogP contribution is -2.00. The Bertz CT molecular complexity index is 836. The molecule has 0 saturated carbocycles. The van der Waals surface area contributed by atoms with Gasteiger partial charge in [0.1, 0.15) is 0 Å². The van der Waals surface area contributed by atoms with Crippen molar-refractivity contribution in [2.24, 2.45) is 0 Å². The summed E-state index contributed by atoms with van der Waals surface area (Å²) < 4.78 is 1.78. The third-order valence-electron chi connectivity index (χ3n) is 3.27. The van der Waals surface area contributed by atoms with Gasteiger partial charge in [0.05, 0.1) is 22.6 Å². The molecule has 0 aliphatic carbocycles. The minimum absolute atomic E-state index is 0.529. The summed E-state index contributed by atoms with van der Waals surface area (Å²) in [5.74, 6) is 0. The molecule has 3 aromatic rings. The quantitative estimate of drug-likeness (QED) is 0.555. The van der Waals surface area contributed by atoms with Crippen LogP contribution in [0.4, 0.5) is 0 Å². The maximum atomic E-state index is 6.31. The Morgan fingerprint density at radius 3 is 2.27 bits per heavy atom. The molecule has 110 valence electrons. The molecule has 0 spiro atoms. The van der Waals surface area contributed by atoms with E-state index in [-0.39, 0.29) is 0 Å². The van der Waals surface area contributed by atoms with Gasteiger partial charge in [-0.15, -0.1) is 0 Å². The molecule has 2 nitrogen and oxygen atoms in total. The van der Waals surface area contributed by atoms with Crippen LogP contribution in [0.1, 0.15) is 5.56 Å². The topological polar surface area (TPSA) is 17.8 Å². The summed E-state index contributed by atoms with van der Waals surface area (Å²) in [7, 11) is 0. The summed E-state index contributed by atoms with van der Waals surface area (Å²) in [5, 5.41) is 6.22. The van der Waals surface area contributed by atoms with E-state index in [1.807, 2.05) is 30.3 Å². The van der Waals surface area contributed by atoms with Crippen molar-refractivity contribution in [2.75, 3.05) is 0 Å². The van der Waals surface area contributed by atoms with Gasteiger partial charge in [-0.2, -0.15) is 5.10 Å². The first-order valence-electron chi connectivity index (χ1n) is 6.52. The van der Waals surface area contributed by atoms with E-state index in [4.69, 9.17) is 34.8 Å². The average molecular weight is 350 g/mol. The number of aromatic nitrogens is 2. The lowest BCUT2D eigenvalue weighted by molar-refractivity contribution is 0.888. The molecule has 2 aromatic carbocycles. The highest BCUT2D eigenvalue weighted by Gasteiger charge is 2.15. The minimum Gasteiger partial charge on any atom is -0.231 e. The van der Waals surface area contributed by atoms with Crippen molar-refractivity contribution >= 4 is 40.9 Å². The van der Waals surface area contributed by atoms with Crippen LogP contribution < -0.4 is 0 Å². The molecule has 0 saturated heterocycles. The van der Waals surface area contributed by atoms with Crippen LogP contribution in [0.3, 0.4) is 0 Å². The largest absolute Gasteiger partial charge is 0.231 e. The van der Waals surface area contributed by atoms with Gasteiger partial charge in [-0.25, -0.2) is 4.68 Å². The molecule has 22 heavy (non-hydrogen) atoms. The van der Waals surface area contributed by atoms with Crippen molar-refractivity contribution in [3.05, 3.63) is 75.9 Å². The summed E-state index contributed by atoms with van der Waals surface area (Å²) >= 11 is 18.2. The van der Waals surface area contributed by atoms with Crippen molar-refractivity contribution < 1.29 is 0 Å². The molecule has 0 amide bonds. The summed E-state index contributed by atoms with van der Waals surface area (Å²) in [5.41, 5.74) is 3.54. The van der Waals surface area contributed by atoms with Gasteiger partial charge in [-0.1, -0.05) is 59.6 Å². The third kappa shape index (κ3) is 2.78. The first-order valence-corrected chi connectivity index (χ1v) is 7.65. The van der Waals surface area contributed by atoms with E-state index in [1.54, 1.807) is 29.1 Å². The van der Waals surface area contributed by atoms with Crippen molar-refractivity contribution in [3.8, 4) is 16.9 Å². The second-order valence-corrected chi connectivity index (χ2v) is 5.95. The Balaban J connectivity index is 2.23. The Morgan fingerprint density at radius 2 is 1.64 bits per heavy atom. The van der Waals surface area contributed by atoms with Gasteiger partial charge < -0.3 is 0 Å². The van der Waals surface area contributed by atoms with Crippen molar-refractivity contribution in [2.45, 2.75) is 0 Å². The van der Waals surface area contributed by atoms with Gasteiger partial charge in [0, 0.05) is 21.2 Å². The molecule has 1 aromatic heterocycles. The summed E-state index contributed by atoms with van der Waals surface area (Å²) in [6.45, 7) is 3.84. The SMILES string of the molecule is C=Cc1cnn(-c2ccc(Cl)cc2Cl)c1-c1ccc(Cl)cc1. The second kappa shape index (κ2) is 6.17. The highest BCUT2D eigenvalue weighted by molar-refractivity contribution is 6.35. The predicted molar refractivity (Wildman–Crippen MR) is 94.1 cm³/mol. The number of hydrogen-bond acceptors (Lipinski definition) is 1. The molecule has 1 heterocycles. The Kier molecular flexibility index (Phi) is 4.25. The second-order valence-electron chi connectivity index (χ2n) is 4.67. The molecule has 5 heteroatoms. The normalized spacial score (nSPS) is 10.7. The number of nitrogens with zero attached hydrogens (tertiary/aromatic N) is 2. The standard InChI is InChI=1S/C17H11Cl3N2/c1-2-11-10-21-22(16-8-7-14(19)9-15(16)20)17(11)12-3-5-13(18)6-4-12/h2-10H,1H2. The van der Waals surface area contributed by atoms with Crippen LogP contribution in [0.5, 0.6) is 0 Å². The summed E-state index contributed by atoms with van der Waals surface area (Å²) in [4.78, 5) is 0. The predicted octanol–water partition coefficient (Wildman–Crippen LogP) is 6.14. The zero-order valence-electron chi connectivity index (χ0n) is 11.4. The van der Waals surface area contributed by atoms with E-state index >= 15 is 0 Å². The number of hydrogen-bond donors (Lipinski definition) is 0. The third-order valence-corrected chi connectivity index (χ3v) is 4.06. The Morgan fingerprint density at radius 1 is 0.955 bits per heavy atom. The van der Waals surface area contributed by atoms with Crippen LogP contribution >= 0.6 is 34.8 Å². The average Bonchev–Trinajstić information content (AvgIpc) is 2.92. The highest BCUT2D eigenvalue weighted by atomic mass is 35.5. The number of halogens is 3. The van der Waals surface area contributed by atoms with Gasteiger partial charge in [0.25, 0.3) is 0 Å². The molecular formula is C17H11Cl3N2. The molecular weight excluding hydrogens is 339 g/mol. The number of benzene rings is 2. The monoisotopic (exact) mass is 348 g/mol. The molecule has 0 radical (unpaired) electrons. The Hall–Kier alpha value is -1.74. The fourth-order valence-electron chi connectivity index (χ4n) is 2.24. The number of rotatable bonds is 3. The van der Waals surface area contributed by atoms with E-state index in [2.05, 4.69) is 11.7 Å². The lowest BCUT2D eigenvalue weighted by atomic mass is 10.1. The fraction of sp³-hybridized carbons (Fsp3) is 0. The van der Waals surface area contributed by atoms with Crippen LogP contribution in [0, 0.1) is 0 Å². The van der Waals surface area contributed by atoms with Crippen LogP contribution in [-0.2, 0) is 0 Å². The van der Waals surface area contributed by atoms with Crippen LogP contribution in [0.2, 0.25) is 15.1 Å². The molecule has 0 N–H and O–H groups in total. The van der Waals surface area contributed by atoms with Gasteiger partial charge in [0.15, 0.2) is 0 Å². The molecule has 0 aliphatic rings. The van der Waals surface area contributed by atoms with E-state index < -0.39 is 0 Å². The highest BCUT2D eigenvalue weighted by Crippen LogP contribution is 2.32. The molecule has 0 unspecified atom stereocenters. The lowest BCUT2D eigenvalue weighted by Gasteiger charge is -2.11. The Labute approximate surface area is 143 Å². The summed E-state index contributed by atoms with van der Waals surface area (Å²) in [6.07, 6.45) is 3.51. The maximum absolute atomic E-state index is 6.31. The van der Waals surface area contributed by atoms with Crippen molar-refractivity contribution in [1.82, 2.24) is 9.78 Å². The van der Waals surface area contributed by atoms with E-state index in [9.17, 15) is 0 Å². The molecule has 0 atom stereocenters. The van der Waals surface area contributed by atoms with E-state index in [0.717, 1.165) is 22.5 Å². The molecule has 0 fully saturated rings. The van der Waals surface area contributed by atoms with E-state index in [0.29, 0.717) is 15.1 Å². The molecule has 0 bridgehead atoms. The van der Waals surface area contributed by atoms with E-state index in [1.165, 1.54) is 0 Å². The van der Waals surface area contributed by atoms with Crippen LogP contribution in [0.15, 0.2) is 55.2 Å². The van der Waals surface area contributed by atoms with Crippen molar-refractivity contribution in [1.29, 1.82) is 0 Å². The maximum Gasteiger partial charge on any atom is 0.0840 e. The molecule has 3 rings (SSSR count). The zero-order valence-corrected chi connectivity index (χ0v) is 13.7. The summed E-state index contributed by atoms with van der Waals surface area (Å²) in [6, 6.07) is 12.9. The first-order chi connectivity index (χ1) is 10.6. The van der Waals surface area contributed by atoms with Crippen LogP contribution in [0.25, 0.3) is 23.0 Å². The van der Waals surface area contributed by atoms with Gasteiger partial charge >= 0.3 is 0 Å². The minimum atomic E-state index is 0.529.